The maximum atomic E-state index is 4.48. The van der Waals surface area contributed by atoms with Crippen LogP contribution in [0.5, 0.6) is 0 Å². The second kappa shape index (κ2) is 7.24. The van der Waals surface area contributed by atoms with E-state index in [-0.39, 0.29) is 0 Å². The molecule has 1 aromatic carbocycles. The Bertz CT molecular complexity index is 725. The fourth-order valence-corrected chi connectivity index (χ4v) is 2.68. The summed E-state index contributed by atoms with van der Waals surface area (Å²) < 4.78 is 3.95. The molecule has 0 spiro atoms. The molecule has 120 valence electrons. The summed E-state index contributed by atoms with van der Waals surface area (Å²) in [4.78, 5) is 0. The Morgan fingerprint density at radius 2 is 1.96 bits per heavy atom. The van der Waals surface area contributed by atoms with Crippen LogP contribution in [-0.4, -0.2) is 26.1 Å². The number of hydrogen-bond donors (Lipinski definition) is 1. The second-order valence-electron chi connectivity index (χ2n) is 5.80. The third-order valence-electron chi connectivity index (χ3n) is 3.86. The van der Waals surface area contributed by atoms with Crippen molar-refractivity contribution in [1.29, 1.82) is 0 Å². The van der Waals surface area contributed by atoms with Crippen LogP contribution in [0.1, 0.15) is 23.4 Å². The van der Waals surface area contributed by atoms with Gasteiger partial charge in [0.1, 0.15) is 0 Å². The Hall–Kier alpha value is -2.40. The minimum Gasteiger partial charge on any atom is -0.313 e. The molecule has 0 atom stereocenters. The van der Waals surface area contributed by atoms with E-state index in [0.717, 1.165) is 37.4 Å². The van der Waals surface area contributed by atoms with Crippen molar-refractivity contribution in [3.8, 4) is 5.69 Å². The van der Waals surface area contributed by atoms with Crippen molar-refractivity contribution >= 4 is 0 Å². The van der Waals surface area contributed by atoms with E-state index in [2.05, 4.69) is 57.5 Å². The molecular formula is C18H23N5. The maximum Gasteiger partial charge on any atom is 0.0645 e. The van der Waals surface area contributed by atoms with Gasteiger partial charge in [0.05, 0.1) is 11.4 Å². The first-order valence-corrected chi connectivity index (χ1v) is 8.03. The fourth-order valence-electron chi connectivity index (χ4n) is 2.68. The molecule has 0 aliphatic rings. The molecule has 2 aromatic heterocycles. The van der Waals surface area contributed by atoms with E-state index in [9.17, 15) is 0 Å². The lowest BCUT2D eigenvalue weighted by atomic mass is 10.2. The van der Waals surface area contributed by atoms with E-state index in [1.807, 2.05) is 23.9 Å². The van der Waals surface area contributed by atoms with Crippen molar-refractivity contribution in [2.45, 2.75) is 33.4 Å². The molecule has 0 bridgehead atoms. The van der Waals surface area contributed by atoms with Crippen LogP contribution in [0.3, 0.4) is 0 Å². The molecule has 0 aliphatic carbocycles. The summed E-state index contributed by atoms with van der Waals surface area (Å²) in [5.74, 6) is 0. The molecule has 0 saturated carbocycles. The quantitative estimate of drug-likeness (QED) is 0.683. The molecule has 1 N–H and O–H groups in total. The van der Waals surface area contributed by atoms with Crippen molar-refractivity contribution < 1.29 is 0 Å². The van der Waals surface area contributed by atoms with E-state index in [1.54, 1.807) is 6.20 Å². The molecule has 3 rings (SSSR count). The molecule has 5 nitrogen and oxygen atoms in total. The van der Waals surface area contributed by atoms with Gasteiger partial charge in [-0.2, -0.15) is 10.2 Å². The Morgan fingerprint density at radius 3 is 2.61 bits per heavy atom. The van der Waals surface area contributed by atoms with Gasteiger partial charge < -0.3 is 5.32 Å². The molecule has 0 aliphatic heterocycles. The van der Waals surface area contributed by atoms with Gasteiger partial charge in [-0.3, -0.25) is 4.68 Å². The van der Waals surface area contributed by atoms with Crippen LogP contribution in [-0.2, 0) is 13.1 Å². The van der Waals surface area contributed by atoms with E-state index in [0.29, 0.717) is 0 Å². The molecule has 2 heterocycles. The maximum absolute atomic E-state index is 4.48. The summed E-state index contributed by atoms with van der Waals surface area (Å²) in [6.45, 7) is 6.98. The number of nitrogens with zero attached hydrogens (tertiary/aromatic N) is 4. The fraction of sp³-hybridized carbons (Fsp3) is 0.333. The van der Waals surface area contributed by atoms with Crippen LogP contribution in [0, 0.1) is 13.8 Å². The van der Waals surface area contributed by atoms with Gasteiger partial charge in [0.2, 0.25) is 0 Å². The highest BCUT2D eigenvalue weighted by atomic mass is 15.3. The van der Waals surface area contributed by atoms with Gasteiger partial charge in [-0.1, -0.05) is 12.1 Å². The zero-order valence-corrected chi connectivity index (χ0v) is 13.7. The van der Waals surface area contributed by atoms with Crippen LogP contribution in [0.25, 0.3) is 5.69 Å². The van der Waals surface area contributed by atoms with Crippen LogP contribution in [0.2, 0.25) is 0 Å². The molecule has 0 unspecified atom stereocenters. The number of aromatic nitrogens is 4. The number of aryl methyl sites for hydroxylation is 3. The first-order chi connectivity index (χ1) is 11.2. The highest BCUT2D eigenvalue weighted by Crippen LogP contribution is 2.08. The van der Waals surface area contributed by atoms with Gasteiger partial charge in [-0.25, -0.2) is 4.68 Å². The summed E-state index contributed by atoms with van der Waals surface area (Å²) in [6.07, 6.45) is 4.82. The minimum atomic E-state index is 0.885. The largest absolute Gasteiger partial charge is 0.313 e. The summed E-state index contributed by atoms with van der Waals surface area (Å²) in [5, 5.41) is 12.2. The lowest BCUT2D eigenvalue weighted by molar-refractivity contribution is 0.532. The average molecular weight is 309 g/mol. The van der Waals surface area contributed by atoms with Gasteiger partial charge in [-0.05, 0) is 56.6 Å². The van der Waals surface area contributed by atoms with Crippen LogP contribution in [0.4, 0.5) is 0 Å². The number of nitrogens with one attached hydrogen (secondary N) is 1. The normalized spacial score (nSPS) is 11.0. The van der Waals surface area contributed by atoms with Gasteiger partial charge >= 0.3 is 0 Å². The van der Waals surface area contributed by atoms with Crippen molar-refractivity contribution in [3.05, 3.63) is 65.7 Å². The predicted molar refractivity (Wildman–Crippen MR) is 91.6 cm³/mol. The number of benzene rings is 1. The molecule has 5 heteroatoms. The van der Waals surface area contributed by atoms with Crippen molar-refractivity contribution in [2.75, 3.05) is 6.54 Å². The van der Waals surface area contributed by atoms with Crippen LogP contribution in [0.15, 0.2) is 48.8 Å². The summed E-state index contributed by atoms with van der Waals surface area (Å²) in [7, 11) is 0. The third-order valence-corrected chi connectivity index (χ3v) is 3.86. The summed E-state index contributed by atoms with van der Waals surface area (Å²) in [5.41, 5.74) is 4.69. The third kappa shape index (κ3) is 4.07. The first-order valence-electron chi connectivity index (χ1n) is 8.03. The Balaban J connectivity index is 1.41. The van der Waals surface area contributed by atoms with Gasteiger partial charge in [-0.15, -0.1) is 0 Å². The summed E-state index contributed by atoms with van der Waals surface area (Å²) >= 11 is 0. The molecular weight excluding hydrogens is 286 g/mol. The van der Waals surface area contributed by atoms with Gasteiger partial charge in [0.15, 0.2) is 0 Å². The highest BCUT2D eigenvalue weighted by molar-refractivity contribution is 5.33. The van der Waals surface area contributed by atoms with E-state index >= 15 is 0 Å². The highest BCUT2D eigenvalue weighted by Gasteiger charge is 2.00. The number of rotatable bonds is 7. The van der Waals surface area contributed by atoms with Gasteiger partial charge in [0, 0.05) is 31.2 Å². The molecule has 0 amide bonds. The average Bonchev–Trinajstić information content (AvgIpc) is 3.18. The van der Waals surface area contributed by atoms with Crippen LogP contribution < -0.4 is 5.32 Å². The molecule has 0 fully saturated rings. The molecule has 23 heavy (non-hydrogen) atoms. The summed E-state index contributed by atoms with van der Waals surface area (Å²) in [6, 6.07) is 12.5. The second-order valence-corrected chi connectivity index (χ2v) is 5.80. The Morgan fingerprint density at radius 1 is 1.13 bits per heavy atom. The minimum absolute atomic E-state index is 0.885. The molecule has 0 saturated heterocycles. The molecule has 3 aromatic rings. The molecule has 0 radical (unpaired) electrons. The zero-order chi connectivity index (χ0) is 16.1. The first kappa shape index (κ1) is 15.5. The van der Waals surface area contributed by atoms with Crippen molar-refractivity contribution in [2.24, 2.45) is 0 Å². The zero-order valence-electron chi connectivity index (χ0n) is 13.7. The SMILES string of the molecule is Cc1cc(C)n(CCCNCc2ccc(-n3cccn3)cc2)n1. The lowest BCUT2D eigenvalue weighted by Gasteiger charge is -2.07. The lowest BCUT2D eigenvalue weighted by Crippen LogP contribution is -2.17. The Kier molecular flexibility index (Phi) is 4.88. The smallest absolute Gasteiger partial charge is 0.0645 e. The van der Waals surface area contributed by atoms with Crippen molar-refractivity contribution in [1.82, 2.24) is 24.9 Å². The van der Waals surface area contributed by atoms with E-state index in [1.165, 1.54) is 11.3 Å². The van der Waals surface area contributed by atoms with E-state index in [4.69, 9.17) is 0 Å². The topological polar surface area (TPSA) is 47.7 Å². The Labute approximate surface area is 136 Å². The monoisotopic (exact) mass is 309 g/mol. The van der Waals surface area contributed by atoms with Crippen molar-refractivity contribution in [3.63, 3.8) is 0 Å². The van der Waals surface area contributed by atoms with Crippen LogP contribution >= 0.6 is 0 Å². The number of hydrogen-bond acceptors (Lipinski definition) is 3. The van der Waals surface area contributed by atoms with Gasteiger partial charge in [0.25, 0.3) is 0 Å². The predicted octanol–water partition coefficient (Wildman–Crippen LogP) is 2.87. The standard InChI is InChI=1S/C18H23N5/c1-15-13-16(2)22(21-15)11-3-9-19-14-17-5-7-18(8-6-17)23-12-4-10-20-23/h4-8,10,12-13,19H,3,9,11,14H2,1-2H3. The van der Waals surface area contributed by atoms with E-state index < -0.39 is 0 Å².